The molecular weight excluding hydrogens is 346 g/mol. The molecule has 0 aliphatic rings. The standard InChI is InChI=1S/C21H24ClN3O/c1-24(2)13-12-19(16-7-9-18(22)10-8-16)23-21(26)15-25-14-11-17-5-3-4-6-20(17)25/h3-11,14,19H,12-13,15H2,1-2H3,(H,23,26). The number of carbonyl (C=O) groups excluding carboxylic acids is 1. The summed E-state index contributed by atoms with van der Waals surface area (Å²) in [6, 6.07) is 17.8. The molecule has 0 saturated heterocycles. The smallest absolute Gasteiger partial charge is 0.240 e. The average Bonchev–Trinajstić information content (AvgIpc) is 3.02. The minimum atomic E-state index is -0.0380. The van der Waals surface area contributed by atoms with Crippen LogP contribution in [0.15, 0.2) is 60.8 Å². The highest BCUT2D eigenvalue weighted by Gasteiger charge is 2.16. The zero-order chi connectivity index (χ0) is 18.5. The fraction of sp³-hybridized carbons (Fsp3) is 0.286. The summed E-state index contributed by atoms with van der Waals surface area (Å²) in [6.07, 6.45) is 2.80. The van der Waals surface area contributed by atoms with Gasteiger partial charge in [0.1, 0.15) is 6.54 Å². The van der Waals surface area contributed by atoms with E-state index in [0.717, 1.165) is 29.4 Å². The van der Waals surface area contributed by atoms with Gasteiger partial charge in [0.15, 0.2) is 0 Å². The van der Waals surface area contributed by atoms with Crippen LogP contribution in [0.2, 0.25) is 5.02 Å². The average molecular weight is 370 g/mol. The Morgan fingerprint density at radius 3 is 2.58 bits per heavy atom. The molecule has 1 amide bonds. The molecule has 0 aliphatic carbocycles. The predicted octanol–water partition coefficient (Wildman–Crippen LogP) is 4.10. The molecule has 0 saturated carbocycles. The summed E-state index contributed by atoms with van der Waals surface area (Å²) in [5.74, 6) is 0.00468. The lowest BCUT2D eigenvalue weighted by atomic mass is 10.0. The molecule has 2 aromatic carbocycles. The normalized spacial score (nSPS) is 12.5. The molecule has 0 fully saturated rings. The van der Waals surface area contributed by atoms with Crippen molar-refractivity contribution in [3.05, 3.63) is 71.4 Å². The number of hydrogen-bond donors (Lipinski definition) is 1. The molecule has 4 nitrogen and oxygen atoms in total. The van der Waals surface area contributed by atoms with Gasteiger partial charge in [-0.1, -0.05) is 41.9 Å². The molecule has 3 rings (SSSR count). The van der Waals surface area contributed by atoms with Crippen molar-refractivity contribution in [2.24, 2.45) is 0 Å². The molecule has 0 radical (unpaired) electrons. The maximum absolute atomic E-state index is 12.7. The van der Waals surface area contributed by atoms with Gasteiger partial charge in [-0.25, -0.2) is 0 Å². The first kappa shape index (κ1) is 18.5. The number of hydrogen-bond acceptors (Lipinski definition) is 2. The number of amides is 1. The number of rotatable bonds is 7. The van der Waals surface area contributed by atoms with E-state index in [1.165, 1.54) is 0 Å². The van der Waals surface area contributed by atoms with Crippen molar-refractivity contribution in [1.29, 1.82) is 0 Å². The van der Waals surface area contributed by atoms with Crippen LogP contribution >= 0.6 is 11.6 Å². The molecule has 1 aromatic heterocycles. The Bertz CT molecular complexity index is 870. The second kappa shape index (κ2) is 8.39. The number of fused-ring (bicyclic) bond motifs is 1. The van der Waals surface area contributed by atoms with Crippen LogP contribution in [0.25, 0.3) is 10.9 Å². The highest BCUT2D eigenvalue weighted by molar-refractivity contribution is 6.30. The third kappa shape index (κ3) is 4.65. The van der Waals surface area contributed by atoms with Gasteiger partial charge in [0, 0.05) is 16.7 Å². The molecule has 0 bridgehead atoms. The Labute approximate surface area is 159 Å². The van der Waals surface area contributed by atoms with E-state index in [1.54, 1.807) is 0 Å². The molecule has 1 heterocycles. The van der Waals surface area contributed by atoms with E-state index in [2.05, 4.69) is 16.3 Å². The maximum Gasteiger partial charge on any atom is 0.240 e. The Balaban J connectivity index is 1.72. The topological polar surface area (TPSA) is 37.3 Å². The first-order chi connectivity index (χ1) is 12.5. The summed E-state index contributed by atoms with van der Waals surface area (Å²) < 4.78 is 1.98. The molecule has 136 valence electrons. The lowest BCUT2D eigenvalue weighted by molar-refractivity contribution is -0.122. The summed E-state index contributed by atoms with van der Waals surface area (Å²) in [6.45, 7) is 1.19. The Morgan fingerprint density at radius 2 is 1.85 bits per heavy atom. The van der Waals surface area contributed by atoms with Gasteiger partial charge in [-0.3, -0.25) is 4.79 Å². The molecule has 0 spiro atoms. The fourth-order valence-electron chi connectivity index (χ4n) is 3.08. The zero-order valence-electron chi connectivity index (χ0n) is 15.2. The van der Waals surface area contributed by atoms with Crippen LogP contribution in [0, 0.1) is 0 Å². The molecular formula is C21H24ClN3O. The van der Waals surface area contributed by atoms with Crippen molar-refractivity contribution in [3.63, 3.8) is 0 Å². The van der Waals surface area contributed by atoms with Gasteiger partial charge < -0.3 is 14.8 Å². The Kier molecular flexibility index (Phi) is 5.96. The Morgan fingerprint density at radius 1 is 1.12 bits per heavy atom. The highest BCUT2D eigenvalue weighted by atomic mass is 35.5. The molecule has 1 unspecified atom stereocenters. The number of carbonyl (C=O) groups is 1. The van der Waals surface area contributed by atoms with Gasteiger partial charge in [-0.15, -0.1) is 0 Å². The van der Waals surface area contributed by atoms with Gasteiger partial charge in [0.25, 0.3) is 0 Å². The van der Waals surface area contributed by atoms with E-state index in [-0.39, 0.29) is 11.9 Å². The lowest BCUT2D eigenvalue weighted by Gasteiger charge is -2.21. The minimum Gasteiger partial charge on any atom is -0.348 e. The van der Waals surface area contributed by atoms with E-state index < -0.39 is 0 Å². The van der Waals surface area contributed by atoms with Gasteiger partial charge in [-0.2, -0.15) is 0 Å². The monoisotopic (exact) mass is 369 g/mol. The number of halogens is 1. The molecule has 0 aliphatic heterocycles. The van der Waals surface area contributed by atoms with Gasteiger partial charge in [-0.05, 0) is 62.3 Å². The van der Waals surface area contributed by atoms with Crippen LogP contribution < -0.4 is 5.32 Å². The zero-order valence-corrected chi connectivity index (χ0v) is 15.9. The third-order valence-corrected chi connectivity index (χ3v) is 4.72. The number of para-hydroxylation sites is 1. The van der Waals surface area contributed by atoms with Crippen molar-refractivity contribution in [2.75, 3.05) is 20.6 Å². The van der Waals surface area contributed by atoms with Crippen LogP contribution in [-0.2, 0) is 11.3 Å². The van der Waals surface area contributed by atoms with E-state index in [9.17, 15) is 4.79 Å². The van der Waals surface area contributed by atoms with Gasteiger partial charge >= 0.3 is 0 Å². The quantitative estimate of drug-likeness (QED) is 0.680. The first-order valence-corrected chi connectivity index (χ1v) is 9.14. The van der Waals surface area contributed by atoms with Gasteiger partial charge in [0.05, 0.1) is 6.04 Å². The number of benzene rings is 2. The summed E-state index contributed by atoms with van der Waals surface area (Å²) in [5.41, 5.74) is 2.14. The summed E-state index contributed by atoms with van der Waals surface area (Å²) in [7, 11) is 4.07. The number of aromatic nitrogens is 1. The van der Waals surface area contributed by atoms with Crippen molar-refractivity contribution < 1.29 is 4.79 Å². The molecule has 5 heteroatoms. The van der Waals surface area contributed by atoms with Crippen LogP contribution in [-0.4, -0.2) is 36.0 Å². The first-order valence-electron chi connectivity index (χ1n) is 8.76. The van der Waals surface area contributed by atoms with Crippen molar-refractivity contribution in [3.8, 4) is 0 Å². The SMILES string of the molecule is CN(C)CCC(NC(=O)Cn1ccc2ccccc21)c1ccc(Cl)cc1. The summed E-state index contributed by atoms with van der Waals surface area (Å²) in [4.78, 5) is 14.8. The van der Waals surface area contributed by atoms with E-state index >= 15 is 0 Å². The van der Waals surface area contributed by atoms with E-state index in [0.29, 0.717) is 11.6 Å². The van der Waals surface area contributed by atoms with E-state index in [1.807, 2.05) is 73.4 Å². The van der Waals surface area contributed by atoms with Crippen LogP contribution in [0.3, 0.4) is 0 Å². The molecule has 1 atom stereocenters. The molecule has 3 aromatic rings. The number of nitrogens with one attached hydrogen (secondary N) is 1. The molecule has 26 heavy (non-hydrogen) atoms. The Hall–Kier alpha value is -2.30. The van der Waals surface area contributed by atoms with Crippen LogP contribution in [0.5, 0.6) is 0 Å². The van der Waals surface area contributed by atoms with Crippen molar-refractivity contribution in [2.45, 2.75) is 19.0 Å². The van der Waals surface area contributed by atoms with Crippen LogP contribution in [0.1, 0.15) is 18.0 Å². The lowest BCUT2D eigenvalue weighted by Crippen LogP contribution is -2.33. The summed E-state index contributed by atoms with van der Waals surface area (Å²) in [5, 5.41) is 5.02. The predicted molar refractivity (Wildman–Crippen MR) is 107 cm³/mol. The second-order valence-corrected chi connectivity index (χ2v) is 7.20. The van der Waals surface area contributed by atoms with Crippen LogP contribution in [0.4, 0.5) is 0 Å². The molecule has 1 N–H and O–H groups in total. The maximum atomic E-state index is 12.7. The van der Waals surface area contributed by atoms with E-state index in [4.69, 9.17) is 11.6 Å². The minimum absolute atomic E-state index is 0.00468. The highest BCUT2D eigenvalue weighted by Crippen LogP contribution is 2.20. The largest absolute Gasteiger partial charge is 0.348 e. The summed E-state index contributed by atoms with van der Waals surface area (Å²) >= 11 is 6.00. The van der Waals surface area contributed by atoms with Crippen molar-refractivity contribution >= 4 is 28.4 Å². The fourth-order valence-corrected chi connectivity index (χ4v) is 3.20. The number of nitrogens with zero attached hydrogens (tertiary/aromatic N) is 2. The van der Waals surface area contributed by atoms with Gasteiger partial charge in [0.2, 0.25) is 5.91 Å². The van der Waals surface area contributed by atoms with Crippen molar-refractivity contribution in [1.82, 2.24) is 14.8 Å². The second-order valence-electron chi connectivity index (χ2n) is 6.77. The third-order valence-electron chi connectivity index (χ3n) is 4.47.